The van der Waals surface area contributed by atoms with Crippen molar-refractivity contribution in [3.63, 3.8) is 0 Å². The van der Waals surface area contributed by atoms with E-state index in [0.717, 1.165) is 39.0 Å². The first-order chi connectivity index (χ1) is 20.9. The number of ketones is 1. The Hall–Kier alpha value is -3.35. The Bertz CT molecular complexity index is 1440. The molecule has 2 unspecified atom stereocenters. The van der Waals surface area contributed by atoms with E-state index in [1.807, 2.05) is 123 Å². The third-order valence-corrected chi connectivity index (χ3v) is 8.84. The van der Waals surface area contributed by atoms with Gasteiger partial charge in [0.05, 0.1) is 18.3 Å². The first kappa shape index (κ1) is 37.8. The Balaban J connectivity index is 1.96. The second kappa shape index (κ2) is 16.3. The Morgan fingerprint density at radius 1 is 0.622 bits per heavy atom. The van der Waals surface area contributed by atoms with Crippen LogP contribution in [0.5, 0.6) is 0 Å². The van der Waals surface area contributed by atoms with Gasteiger partial charge in [-0.1, -0.05) is 141 Å². The number of rotatable bonds is 10. The molecule has 0 aromatic carbocycles. The van der Waals surface area contributed by atoms with Gasteiger partial charge in [0.2, 0.25) is 0 Å². The molecule has 244 valence electrons. The Morgan fingerprint density at radius 3 is 1.51 bits per heavy atom. The third kappa shape index (κ3) is 10.1. The molecule has 0 radical (unpaired) electrons. The standard InChI is InChI=1S/C40H54O5/c1-26(17-13-19-28(3)21-23-32-30(5)25-34(41)37(44)39(32,7)8)15-11-12-16-27(2)18-14-20-29(4)22-24-33-31(6)35(42)36(43)38(45)40(33,9)10/h11-24,34,36-38,41,43-45H,25H2,1-10H3/b12-11+,17-13+,18-14+,23-21+,24-22+,26-15+,27-16+,28-19+,29-20+/t34?,36?,37-,38-/m0/s1. The molecule has 4 atom stereocenters. The molecule has 2 aliphatic rings. The monoisotopic (exact) mass is 614 g/mol. The van der Waals surface area contributed by atoms with Crippen LogP contribution in [0.1, 0.15) is 75.7 Å². The minimum Gasteiger partial charge on any atom is -0.390 e. The van der Waals surface area contributed by atoms with Crippen LogP contribution in [0.4, 0.5) is 0 Å². The fourth-order valence-electron chi connectivity index (χ4n) is 5.73. The van der Waals surface area contributed by atoms with Gasteiger partial charge in [-0.05, 0) is 64.7 Å². The van der Waals surface area contributed by atoms with E-state index >= 15 is 0 Å². The minimum atomic E-state index is -1.38. The maximum atomic E-state index is 12.3. The van der Waals surface area contributed by atoms with E-state index in [0.29, 0.717) is 12.0 Å². The largest absolute Gasteiger partial charge is 0.390 e. The zero-order valence-corrected chi connectivity index (χ0v) is 28.8. The number of Topliss-reactive ketones (excluding diaryl/α,β-unsaturated/α-hetero) is 1. The molecule has 2 aliphatic carbocycles. The molecule has 5 nitrogen and oxygen atoms in total. The molecule has 0 heterocycles. The van der Waals surface area contributed by atoms with Crippen molar-refractivity contribution in [2.24, 2.45) is 10.8 Å². The Kier molecular flexibility index (Phi) is 13.7. The molecule has 0 amide bonds. The molecule has 0 bridgehead atoms. The number of allylic oxidation sites excluding steroid dienone is 18. The van der Waals surface area contributed by atoms with Crippen LogP contribution in [0.3, 0.4) is 0 Å². The van der Waals surface area contributed by atoms with Crippen molar-refractivity contribution in [1.29, 1.82) is 0 Å². The maximum Gasteiger partial charge on any atom is 0.189 e. The molecular formula is C40H54O5. The van der Waals surface area contributed by atoms with E-state index in [-0.39, 0.29) is 0 Å². The van der Waals surface area contributed by atoms with Crippen LogP contribution in [0.25, 0.3) is 0 Å². The van der Waals surface area contributed by atoms with E-state index in [1.54, 1.807) is 6.92 Å². The van der Waals surface area contributed by atoms with Gasteiger partial charge in [-0.2, -0.15) is 0 Å². The van der Waals surface area contributed by atoms with E-state index < -0.39 is 41.0 Å². The predicted molar refractivity (Wildman–Crippen MR) is 187 cm³/mol. The van der Waals surface area contributed by atoms with E-state index in [1.165, 1.54) is 0 Å². The van der Waals surface area contributed by atoms with Gasteiger partial charge in [0.1, 0.15) is 6.10 Å². The van der Waals surface area contributed by atoms with E-state index in [9.17, 15) is 25.2 Å². The summed E-state index contributed by atoms with van der Waals surface area (Å²) in [5, 5.41) is 41.0. The fourth-order valence-corrected chi connectivity index (χ4v) is 5.73. The predicted octanol–water partition coefficient (Wildman–Crippen LogP) is 7.67. The summed E-state index contributed by atoms with van der Waals surface area (Å²) < 4.78 is 0. The number of carbonyl (C=O) groups is 1. The van der Waals surface area contributed by atoms with Crippen LogP contribution in [0, 0.1) is 10.8 Å². The lowest BCUT2D eigenvalue weighted by Gasteiger charge is -2.40. The summed E-state index contributed by atoms with van der Waals surface area (Å²) in [5.41, 5.74) is 6.47. The molecule has 0 fully saturated rings. The second-order valence-electron chi connectivity index (χ2n) is 13.6. The highest BCUT2D eigenvalue weighted by atomic mass is 16.3. The lowest BCUT2D eigenvalue weighted by atomic mass is 9.69. The summed E-state index contributed by atoms with van der Waals surface area (Å²) in [6.45, 7) is 19.4. The van der Waals surface area contributed by atoms with Crippen LogP contribution in [0.2, 0.25) is 0 Å². The molecule has 0 saturated carbocycles. The highest BCUT2D eigenvalue weighted by molar-refractivity contribution is 6.01. The molecule has 0 saturated heterocycles. The van der Waals surface area contributed by atoms with Crippen LogP contribution in [-0.2, 0) is 4.79 Å². The molecule has 5 heteroatoms. The van der Waals surface area contributed by atoms with Crippen molar-refractivity contribution in [3.05, 3.63) is 130 Å². The summed E-state index contributed by atoms with van der Waals surface area (Å²) in [7, 11) is 0. The highest BCUT2D eigenvalue weighted by Gasteiger charge is 2.45. The fraction of sp³-hybridized carbons (Fsp3) is 0.425. The third-order valence-electron chi connectivity index (χ3n) is 8.84. The van der Waals surface area contributed by atoms with Crippen LogP contribution < -0.4 is 0 Å². The lowest BCUT2D eigenvalue weighted by molar-refractivity contribution is -0.135. The number of hydrogen-bond donors (Lipinski definition) is 4. The Labute approximate surface area is 271 Å². The molecule has 0 aromatic heterocycles. The van der Waals surface area contributed by atoms with Gasteiger partial charge in [0.25, 0.3) is 0 Å². The lowest BCUT2D eigenvalue weighted by Crippen LogP contribution is -2.49. The first-order valence-corrected chi connectivity index (χ1v) is 15.7. The molecule has 2 rings (SSSR count). The summed E-state index contributed by atoms with van der Waals surface area (Å²) in [5.74, 6) is -0.425. The molecule has 45 heavy (non-hydrogen) atoms. The molecular weight excluding hydrogens is 560 g/mol. The van der Waals surface area contributed by atoms with Crippen molar-refractivity contribution < 1.29 is 25.2 Å². The van der Waals surface area contributed by atoms with E-state index in [2.05, 4.69) is 24.3 Å². The van der Waals surface area contributed by atoms with Gasteiger partial charge in [-0.25, -0.2) is 0 Å². The van der Waals surface area contributed by atoms with Crippen molar-refractivity contribution in [2.75, 3.05) is 0 Å². The zero-order valence-electron chi connectivity index (χ0n) is 28.8. The Morgan fingerprint density at radius 2 is 1.02 bits per heavy atom. The molecule has 0 spiro atoms. The topological polar surface area (TPSA) is 98.0 Å². The minimum absolute atomic E-state index is 0.425. The summed E-state index contributed by atoms with van der Waals surface area (Å²) in [6, 6.07) is 0. The van der Waals surface area contributed by atoms with Gasteiger partial charge in [0, 0.05) is 10.8 Å². The first-order valence-electron chi connectivity index (χ1n) is 15.7. The quantitative estimate of drug-likeness (QED) is 0.189. The van der Waals surface area contributed by atoms with Gasteiger partial charge in [-0.15, -0.1) is 0 Å². The van der Waals surface area contributed by atoms with Crippen LogP contribution in [0.15, 0.2) is 130 Å². The average molecular weight is 615 g/mol. The summed E-state index contributed by atoms with van der Waals surface area (Å²) in [4.78, 5) is 12.3. The highest BCUT2D eigenvalue weighted by Crippen LogP contribution is 2.42. The SMILES string of the molecule is CC1=C(/C=C/C(C)=C/C=C/C(C)=C/C=C/C=C(C)/C=C/C=C(C)/C=C/C2=C(C)C(=O)C(O)[C@H](O)C2(C)C)C(C)(C)[C@@H](O)C(O)C1. The van der Waals surface area contributed by atoms with Crippen LogP contribution >= 0.6 is 0 Å². The maximum absolute atomic E-state index is 12.3. The smallest absolute Gasteiger partial charge is 0.189 e. The summed E-state index contributed by atoms with van der Waals surface area (Å²) >= 11 is 0. The zero-order chi connectivity index (χ0) is 34.1. The van der Waals surface area contributed by atoms with Crippen molar-refractivity contribution in [3.8, 4) is 0 Å². The van der Waals surface area contributed by atoms with Crippen molar-refractivity contribution >= 4 is 5.78 Å². The molecule has 0 aliphatic heterocycles. The summed E-state index contributed by atoms with van der Waals surface area (Å²) in [6.07, 6.45) is 24.6. The number of aliphatic hydroxyl groups excluding tert-OH is 4. The second-order valence-corrected chi connectivity index (χ2v) is 13.6. The van der Waals surface area contributed by atoms with Crippen LogP contribution in [-0.4, -0.2) is 50.6 Å². The number of aliphatic hydroxyl groups is 4. The normalized spacial score (nSPS) is 27.6. The van der Waals surface area contributed by atoms with Crippen molar-refractivity contribution in [2.45, 2.75) is 100 Å². The number of carbonyl (C=O) groups excluding carboxylic acids is 1. The van der Waals surface area contributed by atoms with Gasteiger partial charge in [-0.3, -0.25) is 4.79 Å². The molecule has 0 aromatic rings. The van der Waals surface area contributed by atoms with Gasteiger partial charge in [0.15, 0.2) is 5.78 Å². The number of hydrogen-bond acceptors (Lipinski definition) is 5. The van der Waals surface area contributed by atoms with Gasteiger partial charge >= 0.3 is 0 Å². The molecule has 4 N–H and O–H groups in total. The van der Waals surface area contributed by atoms with Crippen molar-refractivity contribution in [1.82, 2.24) is 0 Å². The average Bonchev–Trinajstić information content (AvgIpc) is 2.96. The van der Waals surface area contributed by atoms with Gasteiger partial charge < -0.3 is 20.4 Å². The van der Waals surface area contributed by atoms with E-state index in [4.69, 9.17) is 0 Å².